The maximum absolute atomic E-state index is 16.6. The summed E-state index contributed by atoms with van der Waals surface area (Å²) in [6.07, 6.45) is -3.09. The van der Waals surface area contributed by atoms with E-state index < -0.39 is 28.9 Å². The van der Waals surface area contributed by atoms with Crippen molar-refractivity contribution in [2.45, 2.75) is 38.0 Å². The number of nitrogens with zero attached hydrogens (tertiary/aromatic N) is 5. The summed E-state index contributed by atoms with van der Waals surface area (Å²) in [7, 11) is 2.92. The number of hydrogen-bond donors (Lipinski definition) is 2. The number of aromatic nitrogens is 3. The van der Waals surface area contributed by atoms with Crippen LogP contribution in [-0.4, -0.2) is 51.9 Å². The molecule has 2 fully saturated rings. The Morgan fingerprint density at radius 1 is 1.15 bits per heavy atom. The number of nitriles is 1. The van der Waals surface area contributed by atoms with E-state index in [1.54, 1.807) is 18.5 Å². The minimum absolute atomic E-state index is 0.0289. The second-order valence-corrected chi connectivity index (χ2v) is 10.1. The Balaban J connectivity index is 1.72. The van der Waals surface area contributed by atoms with Gasteiger partial charge in [-0.15, -0.1) is 0 Å². The minimum atomic E-state index is -4.96. The largest absolute Gasteiger partial charge is 0.507 e. The lowest BCUT2D eigenvalue weighted by Gasteiger charge is -2.34. The molecule has 2 unspecified atom stereocenters. The van der Waals surface area contributed by atoms with Crippen LogP contribution in [0.1, 0.15) is 29.7 Å². The number of phenolic OH excluding ortho intramolecular Hbond substituents is 1. The molecule has 0 radical (unpaired) electrons. The molecule has 2 aromatic carbocycles. The number of phenols is 1. The molecule has 2 atom stereocenters. The molecule has 6 rings (SSSR count). The van der Waals surface area contributed by atoms with Crippen LogP contribution in [0.4, 0.5) is 23.4 Å². The number of halogens is 4. The lowest BCUT2D eigenvalue weighted by molar-refractivity contribution is -0.137. The summed E-state index contributed by atoms with van der Waals surface area (Å²) in [4.78, 5) is 10.4. The lowest BCUT2D eigenvalue weighted by atomic mass is 9.92. The van der Waals surface area contributed by atoms with Gasteiger partial charge >= 0.3 is 12.2 Å². The molecule has 4 heterocycles. The van der Waals surface area contributed by atoms with Gasteiger partial charge in [0.1, 0.15) is 28.7 Å². The van der Waals surface area contributed by atoms with Crippen LogP contribution < -0.4 is 15.0 Å². The van der Waals surface area contributed by atoms with Gasteiger partial charge in [0.15, 0.2) is 5.82 Å². The van der Waals surface area contributed by atoms with Crippen LogP contribution >= 0.6 is 0 Å². The number of benzene rings is 2. The zero-order chi connectivity index (χ0) is 27.8. The highest BCUT2D eigenvalue weighted by atomic mass is 19.4. The number of rotatable bonds is 3. The fourth-order valence-electron chi connectivity index (χ4n) is 6.02. The van der Waals surface area contributed by atoms with E-state index in [1.807, 2.05) is 11.0 Å². The summed E-state index contributed by atoms with van der Waals surface area (Å²) < 4.78 is 67.6. The first-order chi connectivity index (χ1) is 18.5. The highest BCUT2D eigenvalue weighted by Crippen LogP contribution is 2.48. The van der Waals surface area contributed by atoms with Crippen molar-refractivity contribution in [1.82, 2.24) is 19.9 Å². The number of aromatic hydroxyl groups is 1. The number of ether oxygens (including phenoxy) is 1. The van der Waals surface area contributed by atoms with Crippen molar-refractivity contribution >= 4 is 27.6 Å². The standard InChI is InChI=1S/C27H24F4N6O2/c1-12-20(21-16(9-32)19(38)7-6-18(21)36(12)2)22-17(27(29,30)31)8-15-24(23(22)28)34-26(39-3)35-25(15)37-10-13-4-5-14(11-37)33-13/h6-8,13-14,33,38H,4-5,10-11H2,1-3H3. The first kappa shape index (κ1) is 25.2. The van der Waals surface area contributed by atoms with Gasteiger partial charge in [0.2, 0.25) is 0 Å². The Kier molecular flexibility index (Phi) is 5.62. The monoisotopic (exact) mass is 540 g/mol. The molecule has 0 spiro atoms. The molecule has 39 heavy (non-hydrogen) atoms. The zero-order valence-electron chi connectivity index (χ0n) is 21.3. The molecule has 2 aliphatic rings. The number of nitrogens with one attached hydrogen (secondary N) is 1. The molecular formula is C27H24F4N6O2. The molecule has 0 aliphatic carbocycles. The highest BCUT2D eigenvalue weighted by molar-refractivity contribution is 6.06. The summed E-state index contributed by atoms with van der Waals surface area (Å²) in [5, 5.41) is 23.5. The third kappa shape index (κ3) is 3.75. The summed E-state index contributed by atoms with van der Waals surface area (Å²) in [6.45, 7) is 2.55. The van der Waals surface area contributed by atoms with Crippen LogP contribution in [-0.2, 0) is 13.2 Å². The highest BCUT2D eigenvalue weighted by Gasteiger charge is 2.40. The van der Waals surface area contributed by atoms with Gasteiger partial charge in [0.25, 0.3) is 0 Å². The van der Waals surface area contributed by atoms with Crippen LogP contribution in [0.3, 0.4) is 0 Å². The Morgan fingerprint density at radius 3 is 2.46 bits per heavy atom. The van der Waals surface area contributed by atoms with Crippen LogP contribution in [0.2, 0.25) is 0 Å². The third-order valence-electron chi connectivity index (χ3n) is 7.89. The topological polar surface area (TPSA) is 99.2 Å². The number of fused-ring (bicyclic) bond motifs is 4. The predicted octanol–water partition coefficient (Wildman–Crippen LogP) is 4.78. The number of alkyl halides is 3. The molecular weight excluding hydrogens is 516 g/mol. The molecule has 2 saturated heterocycles. The molecule has 2 aromatic heterocycles. The van der Waals surface area contributed by atoms with Gasteiger partial charge in [-0.25, -0.2) is 4.39 Å². The number of aryl methyl sites for hydroxylation is 1. The maximum Gasteiger partial charge on any atom is 0.417 e. The van der Waals surface area contributed by atoms with Crippen LogP contribution in [0, 0.1) is 24.1 Å². The third-order valence-corrected chi connectivity index (χ3v) is 7.89. The first-order valence-electron chi connectivity index (χ1n) is 12.4. The Hall–Kier alpha value is -4.11. The molecule has 2 N–H and O–H groups in total. The quantitative estimate of drug-likeness (QED) is 0.361. The van der Waals surface area contributed by atoms with Crippen molar-refractivity contribution in [3.63, 3.8) is 0 Å². The van der Waals surface area contributed by atoms with E-state index in [4.69, 9.17) is 4.74 Å². The first-order valence-corrected chi connectivity index (χ1v) is 12.4. The van der Waals surface area contributed by atoms with E-state index in [1.165, 1.54) is 19.2 Å². The second-order valence-electron chi connectivity index (χ2n) is 10.1. The number of piperazine rings is 1. The van der Waals surface area contributed by atoms with Crippen LogP contribution in [0.5, 0.6) is 11.8 Å². The van der Waals surface area contributed by atoms with Gasteiger partial charge in [0.05, 0.1) is 18.2 Å². The van der Waals surface area contributed by atoms with Gasteiger partial charge in [-0.2, -0.15) is 28.4 Å². The van der Waals surface area contributed by atoms with Crippen molar-refractivity contribution < 1.29 is 27.4 Å². The van der Waals surface area contributed by atoms with Crippen LogP contribution in [0.15, 0.2) is 18.2 Å². The van der Waals surface area contributed by atoms with Gasteiger partial charge in [-0.1, -0.05) is 0 Å². The van der Waals surface area contributed by atoms with E-state index in [-0.39, 0.29) is 57.0 Å². The lowest BCUT2D eigenvalue weighted by Crippen LogP contribution is -2.51. The SMILES string of the molecule is COc1nc(N2CC3CCC(C2)N3)c2cc(C(F)(F)F)c(-c3c(C)n(C)c4ccc(O)c(C#N)c34)c(F)c2n1. The summed E-state index contributed by atoms with van der Waals surface area (Å²) in [5.41, 5.74) is -1.99. The number of anilines is 1. The maximum atomic E-state index is 16.6. The normalized spacial score (nSPS) is 19.2. The number of methoxy groups -OCH3 is 1. The van der Waals surface area contributed by atoms with Crippen molar-refractivity contribution in [1.29, 1.82) is 5.26 Å². The molecule has 12 heteroatoms. The van der Waals surface area contributed by atoms with Crippen LogP contribution in [0.25, 0.3) is 32.9 Å². The Morgan fingerprint density at radius 2 is 1.85 bits per heavy atom. The zero-order valence-corrected chi connectivity index (χ0v) is 21.3. The van der Waals surface area contributed by atoms with Gasteiger partial charge < -0.3 is 24.6 Å². The van der Waals surface area contributed by atoms with E-state index in [0.717, 1.165) is 18.9 Å². The summed E-state index contributed by atoms with van der Waals surface area (Å²) >= 11 is 0. The Labute approximate surface area is 220 Å². The smallest absolute Gasteiger partial charge is 0.417 e. The van der Waals surface area contributed by atoms with Crippen molar-refractivity contribution in [2.75, 3.05) is 25.1 Å². The average Bonchev–Trinajstić information content (AvgIpc) is 3.37. The average molecular weight is 541 g/mol. The molecule has 0 saturated carbocycles. The van der Waals surface area contributed by atoms with E-state index in [2.05, 4.69) is 15.3 Å². The van der Waals surface area contributed by atoms with Crippen molar-refractivity contribution in [3.8, 4) is 29.0 Å². The predicted molar refractivity (Wildman–Crippen MR) is 136 cm³/mol. The van der Waals surface area contributed by atoms with Crippen molar-refractivity contribution in [3.05, 3.63) is 40.8 Å². The molecule has 202 valence electrons. The summed E-state index contributed by atoms with van der Waals surface area (Å²) in [5.74, 6) is -1.44. The molecule has 2 bridgehead atoms. The van der Waals surface area contributed by atoms with Gasteiger partial charge in [-0.3, -0.25) is 0 Å². The van der Waals surface area contributed by atoms with E-state index >= 15 is 4.39 Å². The molecule has 0 amide bonds. The fourth-order valence-corrected chi connectivity index (χ4v) is 6.02. The Bertz CT molecular complexity index is 1700. The number of hydrogen-bond acceptors (Lipinski definition) is 7. The van der Waals surface area contributed by atoms with E-state index in [0.29, 0.717) is 18.6 Å². The fraction of sp³-hybridized carbons (Fsp3) is 0.370. The van der Waals surface area contributed by atoms with E-state index in [9.17, 15) is 23.5 Å². The molecule has 8 nitrogen and oxygen atoms in total. The minimum Gasteiger partial charge on any atom is -0.507 e. The second kappa shape index (κ2) is 8.71. The molecule has 2 aliphatic heterocycles. The van der Waals surface area contributed by atoms with Gasteiger partial charge in [0, 0.05) is 59.8 Å². The molecule has 4 aromatic rings. The van der Waals surface area contributed by atoms with Gasteiger partial charge in [-0.05, 0) is 38.0 Å². The summed E-state index contributed by atoms with van der Waals surface area (Å²) in [6, 6.07) is 5.66. The van der Waals surface area contributed by atoms with Crippen molar-refractivity contribution in [2.24, 2.45) is 7.05 Å².